The highest BCUT2D eigenvalue weighted by Gasteiger charge is 2.36. The van der Waals surface area contributed by atoms with Crippen LogP contribution in [0.4, 0.5) is 10.5 Å². The highest BCUT2D eigenvalue weighted by atomic mass is 32.2. The number of benzene rings is 1. The first kappa shape index (κ1) is 17.5. The third-order valence-electron chi connectivity index (χ3n) is 3.79. The fourth-order valence-electron chi connectivity index (χ4n) is 2.38. The Morgan fingerprint density at radius 2 is 1.91 bits per heavy atom. The first-order valence-corrected chi connectivity index (χ1v) is 8.76. The van der Waals surface area contributed by atoms with Gasteiger partial charge < -0.3 is 5.32 Å². The van der Waals surface area contributed by atoms with Crippen LogP contribution in [0.3, 0.4) is 0 Å². The Bertz CT molecular complexity index is 586. The van der Waals surface area contributed by atoms with E-state index >= 15 is 0 Å². The maximum atomic E-state index is 11.9. The summed E-state index contributed by atoms with van der Waals surface area (Å²) in [7, 11) is 1.51. The molecule has 124 valence electrons. The number of hydrogen-bond acceptors (Lipinski definition) is 4. The van der Waals surface area contributed by atoms with Crippen molar-refractivity contribution in [3.63, 3.8) is 0 Å². The van der Waals surface area contributed by atoms with Crippen molar-refractivity contribution in [2.45, 2.75) is 44.3 Å². The van der Waals surface area contributed by atoms with Gasteiger partial charge in [-0.15, -0.1) is 0 Å². The Morgan fingerprint density at radius 3 is 2.48 bits per heavy atom. The van der Waals surface area contributed by atoms with Gasteiger partial charge in [-0.05, 0) is 30.5 Å². The Labute approximate surface area is 140 Å². The number of carbonyl (C=O) groups excluding carboxylic acids is 3. The van der Waals surface area contributed by atoms with Crippen molar-refractivity contribution in [1.29, 1.82) is 0 Å². The van der Waals surface area contributed by atoms with Gasteiger partial charge in [0.2, 0.25) is 11.8 Å². The molecule has 0 saturated carbocycles. The summed E-state index contributed by atoms with van der Waals surface area (Å²) < 4.78 is 0. The zero-order valence-electron chi connectivity index (χ0n) is 13.5. The van der Waals surface area contributed by atoms with E-state index in [1.54, 1.807) is 0 Å². The van der Waals surface area contributed by atoms with Crippen molar-refractivity contribution in [2.75, 3.05) is 12.4 Å². The molecule has 5 nitrogen and oxygen atoms in total. The zero-order valence-corrected chi connectivity index (χ0v) is 14.3. The fraction of sp³-hybridized carbons (Fsp3) is 0.471. The number of nitrogens with one attached hydrogen (secondary N) is 1. The third-order valence-corrected chi connectivity index (χ3v) is 4.92. The summed E-state index contributed by atoms with van der Waals surface area (Å²) in [5, 5.41) is 2.33. The van der Waals surface area contributed by atoms with E-state index in [4.69, 9.17) is 0 Å². The predicted molar refractivity (Wildman–Crippen MR) is 92.5 cm³/mol. The second kappa shape index (κ2) is 8.15. The molecular weight excluding hydrogens is 312 g/mol. The first-order chi connectivity index (χ1) is 11.0. The van der Waals surface area contributed by atoms with Crippen molar-refractivity contribution in [1.82, 2.24) is 4.90 Å². The third kappa shape index (κ3) is 4.82. The van der Waals surface area contributed by atoms with E-state index in [-0.39, 0.29) is 22.3 Å². The van der Waals surface area contributed by atoms with Gasteiger partial charge in [-0.25, -0.2) is 0 Å². The molecule has 1 fully saturated rings. The first-order valence-electron chi connectivity index (χ1n) is 7.88. The summed E-state index contributed by atoms with van der Waals surface area (Å²) in [6, 6.07) is 7.45. The van der Waals surface area contributed by atoms with Gasteiger partial charge in [-0.2, -0.15) is 0 Å². The molecule has 2 rings (SSSR count). The lowest BCUT2D eigenvalue weighted by molar-refractivity contribution is -0.125. The molecule has 1 aromatic rings. The van der Waals surface area contributed by atoms with Gasteiger partial charge in [0, 0.05) is 19.2 Å². The maximum Gasteiger partial charge on any atom is 0.288 e. The molecular formula is C17H22N2O3S. The number of imide groups is 1. The number of anilines is 1. The normalized spacial score (nSPS) is 17.7. The molecule has 0 spiro atoms. The van der Waals surface area contributed by atoms with Crippen molar-refractivity contribution in [3.05, 3.63) is 29.8 Å². The van der Waals surface area contributed by atoms with Crippen LogP contribution in [0.1, 0.15) is 38.2 Å². The quantitative estimate of drug-likeness (QED) is 0.776. The van der Waals surface area contributed by atoms with Crippen LogP contribution in [0.5, 0.6) is 0 Å². The fourth-order valence-corrected chi connectivity index (χ4v) is 3.41. The Morgan fingerprint density at radius 1 is 1.22 bits per heavy atom. The number of hydrogen-bond donors (Lipinski definition) is 1. The molecule has 23 heavy (non-hydrogen) atoms. The van der Waals surface area contributed by atoms with Crippen LogP contribution in [0, 0.1) is 0 Å². The summed E-state index contributed by atoms with van der Waals surface area (Å²) in [5.41, 5.74) is 1.73. The van der Waals surface area contributed by atoms with E-state index in [0.29, 0.717) is 12.8 Å². The van der Waals surface area contributed by atoms with Crippen LogP contribution in [0.15, 0.2) is 24.3 Å². The summed E-state index contributed by atoms with van der Waals surface area (Å²) in [6.45, 7) is 2.11. The van der Waals surface area contributed by atoms with Crippen LogP contribution >= 0.6 is 11.8 Å². The molecule has 1 aliphatic heterocycles. The van der Waals surface area contributed by atoms with E-state index in [2.05, 4.69) is 12.2 Å². The van der Waals surface area contributed by atoms with E-state index in [9.17, 15) is 14.4 Å². The van der Waals surface area contributed by atoms with Crippen LogP contribution in [-0.4, -0.2) is 34.3 Å². The number of thioether (sulfide) groups is 1. The van der Waals surface area contributed by atoms with E-state index in [1.807, 2.05) is 24.3 Å². The Hall–Kier alpha value is -1.82. The number of amides is 3. The summed E-state index contributed by atoms with van der Waals surface area (Å²) >= 11 is 1.07. The molecule has 0 aromatic heterocycles. The lowest BCUT2D eigenvalue weighted by Crippen LogP contribution is -2.28. The van der Waals surface area contributed by atoms with Crippen molar-refractivity contribution in [2.24, 2.45) is 0 Å². The smallest absolute Gasteiger partial charge is 0.288 e. The molecule has 0 unspecified atom stereocenters. The highest BCUT2D eigenvalue weighted by molar-refractivity contribution is 8.15. The van der Waals surface area contributed by atoms with Gasteiger partial charge in [-0.3, -0.25) is 19.3 Å². The molecule has 0 aliphatic carbocycles. The zero-order chi connectivity index (χ0) is 16.8. The molecule has 1 atom stereocenters. The number of nitrogens with zero attached hydrogens (tertiary/aromatic N) is 1. The number of rotatable bonds is 7. The second-order valence-corrected chi connectivity index (χ2v) is 6.83. The topological polar surface area (TPSA) is 66.5 Å². The summed E-state index contributed by atoms with van der Waals surface area (Å²) in [6.07, 6.45) is 4.12. The van der Waals surface area contributed by atoms with Crippen molar-refractivity contribution < 1.29 is 14.4 Å². The van der Waals surface area contributed by atoms with Crippen LogP contribution < -0.4 is 5.32 Å². The Kier molecular flexibility index (Phi) is 6.21. The van der Waals surface area contributed by atoms with E-state index in [0.717, 1.165) is 42.3 Å². The van der Waals surface area contributed by atoms with Crippen molar-refractivity contribution in [3.8, 4) is 0 Å². The lowest BCUT2D eigenvalue weighted by atomic mass is 10.1. The standard InChI is InChI=1S/C17H22N2O3S/c1-3-4-5-6-15(20)18-13-9-7-12(8-10-13)11-14-16(21)19(2)17(22)23-14/h7-10,14H,3-6,11H2,1-2H3,(H,18,20)/t14-/m0/s1. The monoisotopic (exact) mass is 334 g/mol. The Balaban J connectivity index is 1.86. The minimum Gasteiger partial charge on any atom is -0.326 e. The van der Waals surface area contributed by atoms with Gasteiger partial charge in [0.15, 0.2) is 0 Å². The molecule has 3 amide bonds. The minimum atomic E-state index is -0.345. The average Bonchev–Trinajstić information content (AvgIpc) is 2.77. The predicted octanol–water partition coefficient (Wildman–Crippen LogP) is 3.44. The molecule has 6 heteroatoms. The van der Waals surface area contributed by atoms with Crippen LogP contribution in [0.2, 0.25) is 0 Å². The molecule has 1 aliphatic rings. The van der Waals surface area contributed by atoms with E-state index < -0.39 is 0 Å². The molecule has 0 bridgehead atoms. The van der Waals surface area contributed by atoms with Gasteiger partial charge in [0.05, 0.1) is 5.25 Å². The largest absolute Gasteiger partial charge is 0.326 e. The summed E-state index contributed by atoms with van der Waals surface area (Å²) in [5.74, 6) is -0.117. The summed E-state index contributed by atoms with van der Waals surface area (Å²) in [4.78, 5) is 36.3. The van der Waals surface area contributed by atoms with Crippen LogP contribution in [0.25, 0.3) is 0 Å². The lowest BCUT2D eigenvalue weighted by Gasteiger charge is -2.09. The molecule has 1 heterocycles. The van der Waals surface area contributed by atoms with Crippen LogP contribution in [-0.2, 0) is 16.0 Å². The van der Waals surface area contributed by atoms with E-state index in [1.165, 1.54) is 11.9 Å². The number of carbonyl (C=O) groups is 3. The minimum absolute atomic E-state index is 0.0277. The van der Waals surface area contributed by atoms with Gasteiger partial charge >= 0.3 is 0 Å². The molecule has 1 aromatic carbocycles. The molecule has 1 saturated heterocycles. The molecule has 0 radical (unpaired) electrons. The van der Waals surface area contributed by atoms with Crippen molar-refractivity contribution >= 4 is 34.5 Å². The second-order valence-electron chi connectivity index (χ2n) is 5.68. The highest BCUT2D eigenvalue weighted by Crippen LogP contribution is 2.28. The molecule has 1 N–H and O–H groups in total. The van der Waals surface area contributed by atoms with Gasteiger partial charge in [0.25, 0.3) is 5.24 Å². The SMILES string of the molecule is CCCCCC(=O)Nc1ccc(C[C@@H]2SC(=O)N(C)C2=O)cc1. The van der Waals surface area contributed by atoms with Gasteiger partial charge in [-0.1, -0.05) is 43.7 Å². The average molecular weight is 334 g/mol. The van der Waals surface area contributed by atoms with Gasteiger partial charge in [0.1, 0.15) is 0 Å². The number of unbranched alkanes of at least 4 members (excludes halogenated alkanes) is 2. The maximum absolute atomic E-state index is 11.9.